The van der Waals surface area contributed by atoms with E-state index in [2.05, 4.69) is 33.8 Å². The van der Waals surface area contributed by atoms with E-state index in [1.807, 2.05) is 19.1 Å². The zero-order valence-electron chi connectivity index (χ0n) is 26.5. The zero-order valence-corrected chi connectivity index (χ0v) is 27.3. The number of carbonyl (C=O) groups is 1. The Morgan fingerprint density at radius 3 is 2.44 bits per heavy atom. The van der Waals surface area contributed by atoms with Crippen LogP contribution in [0.1, 0.15) is 111 Å². The highest BCUT2D eigenvalue weighted by atomic mass is 32.2. The van der Waals surface area contributed by atoms with Crippen molar-refractivity contribution in [2.45, 2.75) is 123 Å². The Hall–Kier alpha value is -1.62. The quantitative estimate of drug-likeness (QED) is 0.216. The summed E-state index contributed by atoms with van der Waals surface area (Å²) in [6.45, 7) is 13.3. The number of carbonyl (C=O) groups excluding carboxylic acids is 1. The average molecular weight is 583 g/mol. The van der Waals surface area contributed by atoms with E-state index in [4.69, 9.17) is 4.74 Å². The lowest BCUT2D eigenvalue weighted by molar-refractivity contribution is -0.148. The van der Waals surface area contributed by atoms with Crippen molar-refractivity contribution < 1.29 is 17.9 Å². The zero-order chi connectivity index (χ0) is 29.6. The van der Waals surface area contributed by atoms with Gasteiger partial charge in [0.15, 0.2) is 9.84 Å². The van der Waals surface area contributed by atoms with E-state index in [1.54, 1.807) is 17.7 Å². The number of hydrogen-bond donors (Lipinski definition) is 0. The van der Waals surface area contributed by atoms with Gasteiger partial charge in [0.25, 0.3) is 0 Å². The molecule has 0 spiro atoms. The lowest BCUT2D eigenvalue weighted by Gasteiger charge is -2.58. The Morgan fingerprint density at radius 1 is 1.00 bits per heavy atom. The number of hydrogen-bond acceptors (Lipinski definition) is 4. The second-order valence-electron chi connectivity index (χ2n) is 15.1. The minimum atomic E-state index is -3.23. The summed E-state index contributed by atoms with van der Waals surface area (Å²) in [5, 5.41) is 0. The van der Waals surface area contributed by atoms with Gasteiger partial charge >= 0.3 is 5.97 Å². The Labute approximate surface area is 250 Å². The van der Waals surface area contributed by atoms with Crippen LogP contribution in [-0.4, -0.2) is 26.2 Å². The number of sulfone groups is 1. The molecule has 0 bridgehead atoms. The topological polar surface area (TPSA) is 60.4 Å². The summed E-state index contributed by atoms with van der Waals surface area (Å²) >= 11 is 0. The van der Waals surface area contributed by atoms with Crippen LogP contribution in [0.3, 0.4) is 0 Å². The fourth-order valence-electron chi connectivity index (χ4n) is 10.2. The maximum atomic E-state index is 12.9. The molecule has 4 aliphatic carbocycles. The third kappa shape index (κ3) is 6.08. The molecular formula is C36H54O4S. The first-order valence-corrected chi connectivity index (χ1v) is 18.1. The lowest BCUT2D eigenvalue weighted by Crippen LogP contribution is -2.51. The number of fused-ring (bicyclic) bond motifs is 5. The third-order valence-corrected chi connectivity index (χ3v) is 14.4. The molecule has 0 aromatic heterocycles. The van der Waals surface area contributed by atoms with Crippen molar-refractivity contribution in [3.8, 4) is 0 Å². The summed E-state index contributed by atoms with van der Waals surface area (Å²) in [6.07, 6.45) is 15.6. The van der Waals surface area contributed by atoms with Crippen LogP contribution in [0.15, 0.2) is 40.8 Å². The highest BCUT2D eigenvalue weighted by molar-refractivity contribution is 7.91. The van der Waals surface area contributed by atoms with Crippen LogP contribution in [0.25, 0.3) is 0 Å². The van der Waals surface area contributed by atoms with E-state index < -0.39 is 9.84 Å². The van der Waals surface area contributed by atoms with Gasteiger partial charge in [-0.2, -0.15) is 0 Å². The van der Waals surface area contributed by atoms with Crippen molar-refractivity contribution in [1.29, 1.82) is 0 Å². The first kappa shape index (κ1) is 30.8. The molecule has 4 aliphatic rings. The fraction of sp³-hybridized carbons (Fsp3) is 0.750. The molecule has 1 unspecified atom stereocenters. The maximum Gasteiger partial charge on any atom is 0.302 e. The van der Waals surface area contributed by atoms with E-state index in [-0.39, 0.29) is 29.2 Å². The van der Waals surface area contributed by atoms with Crippen molar-refractivity contribution in [1.82, 2.24) is 0 Å². The highest BCUT2D eigenvalue weighted by Crippen LogP contribution is 2.67. The van der Waals surface area contributed by atoms with Crippen LogP contribution in [0, 0.1) is 53.3 Å². The molecule has 5 rings (SSSR count). The molecular weight excluding hydrogens is 528 g/mol. The summed E-state index contributed by atoms with van der Waals surface area (Å²) in [6, 6.07) is 7.29. The van der Waals surface area contributed by atoms with Crippen molar-refractivity contribution >= 4 is 15.8 Å². The van der Waals surface area contributed by atoms with E-state index in [1.165, 1.54) is 45.4 Å². The van der Waals surface area contributed by atoms with Gasteiger partial charge in [-0.1, -0.05) is 69.9 Å². The monoisotopic (exact) mass is 582 g/mol. The number of rotatable bonds is 9. The largest absolute Gasteiger partial charge is 0.462 e. The molecule has 0 heterocycles. The first-order valence-electron chi connectivity index (χ1n) is 16.5. The van der Waals surface area contributed by atoms with Crippen LogP contribution in [-0.2, 0) is 19.4 Å². The van der Waals surface area contributed by atoms with E-state index in [0.29, 0.717) is 16.2 Å². The highest BCUT2D eigenvalue weighted by Gasteiger charge is 2.59. The number of ether oxygens (including phenoxy) is 1. The maximum absolute atomic E-state index is 12.9. The molecule has 3 fully saturated rings. The average Bonchev–Trinajstić information content (AvgIpc) is 3.26. The molecule has 41 heavy (non-hydrogen) atoms. The molecule has 9 atom stereocenters. The molecule has 0 radical (unpaired) electrons. The molecule has 4 nitrogen and oxygen atoms in total. The van der Waals surface area contributed by atoms with Gasteiger partial charge in [-0.3, -0.25) is 4.79 Å². The number of benzene rings is 1. The summed E-state index contributed by atoms with van der Waals surface area (Å²) in [7, 11) is -3.23. The number of esters is 1. The standard InChI is InChI=1S/C36H54O4S/c1-24-10-13-30(14-11-24)41(38,39)23-25(2)8-7-9-26(3)32-16-17-33-31-15-12-28-22-29(40-27(4)37)18-20-35(28,5)34(31)19-21-36(32,33)6/h10-14,25-26,29,31-34H,7-9,15-23H2,1-6H3/t25?,26-,29+,31+,32-,33+,34+,35+,36-/m1/s1. The predicted molar refractivity (Wildman–Crippen MR) is 166 cm³/mol. The third-order valence-electron chi connectivity index (χ3n) is 12.4. The Kier molecular flexibility index (Phi) is 8.88. The van der Waals surface area contributed by atoms with Crippen LogP contribution < -0.4 is 0 Å². The van der Waals surface area contributed by atoms with Gasteiger partial charge in [0.2, 0.25) is 0 Å². The summed E-state index contributed by atoms with van der Waals surface area (Å²) in [5.41, 5.74) is 3.36. The van der Waals surface area contributed by atoms with Crippen molar-refractivity contribution in [3.63, 3.8) is 0 Å². The predicted octanol–water partition coefficient (Wildman–Crippen LogP) is 8.72. The van der Waals surface area contributed by atoms with E-state index >= 15 is 0 Å². The van der Waals surface area contributed by atoms with Gasteiger partial charge in [-0.05, 0) is 117 Å². The molecule has 1 aromatic rings. The summed E-state index contributed by atoms with van der Waals surface area (Å²) < 4.78 is 31.5. The van der Waals surface area contributed by atoms with Gasteiger partial charge < -0.3 is 4.74 Å². The normalized spacial score (nSPS) is 36.3. The van der Waals surface area contributed by atoms with Crippen molar-refractivity contribution in [3.05, 3.63) is 41.5 Å². The van der Waals surface area contributed by atoms with Gasteiger partial charge in [0.1, 0.15) is 6.10 Å². The molecule has 3 saturated carbocycles. The number of aryl methyl sites for hydroxylation is 1. The van der Waals surface area contributed by atoms with E-state index in [0.717, 1.165) is 61.3 Å². The van der Waals surface area contributed by atoms with Gasteiger partial charge in [0, 0.05) is 13.3 Å². The molecule has 0 N–H and O–H groups in total. The smallest absolute Gasteiger partial charge is 0.302 e. The van der Waals surface area contributed by atoms with Gasteiger partial charge in [0.05, 0.1) is 10.6 Å². The molecule has 5 heteroatoms. The second kappa shape index (κ2) is 11.8. The van der Waals surface area contributed by atoms with Crippen LogP contribution in [0.5, 0.6) is 0 Å². The van der Waals surface area contributed by atoms with E-state index in [9.17, 15) is 13.2 Å². The van der Waals surface area contributed by atoms with Crippen LogP contribution >= 0.6 is 0 Å². The minimum Gasteiger partial charge on any atom is -0.462 e. The SMILES string of the molecule is CC(=O)O[C@H]1CC[C@@]2(C)C(=CC[C@H]3[C@@H]4CC[C@H]([C@H](C)CCCC(C)CS(=O)(=O)c5ccc(C)cc5)[C@@]4(C)CC[C@@H]32)C1. The first-order chi connectivity index (χ1) is 19.3. The van der Waals surface area contributed by atoms with Gasteiger partial charge in [-0.15, -0.1) is 0 Å². The molecule has 228 valence electrons. The Bertz CT molecular complexity index is 1230. The van der Waals surface area contributed by atoms with Crippen LogP contribution in [0.2, 0.25) is 0 Å². The fourth-order valence-corrected chi connectivity index (χ4v) is 11.9. The second-order valence-corrected chi connectivity index (χ2v) is 17.1. The number of allylic oxidation sites excluding steroid dienone is 1. The Morgan fingerprint density at radius 2 is 1.73 bits per heavy atom. The van der Waals surface area contributed by atoms with Gasteiger partial charge in [-0.25, -0.2) is 8.42 Å². The minimum absolute atomic E-state index is 0.0689. The summed E-state index contributed by atoms with van der Waals surface area (Å²) in [5.74, 6) is 4.11. The molecule has 0 saturated heterocycles. The molecule has 0 aliphatic heterocycles. The van der Waals surface area contributed by atoms with Crippen molar-refractivity contribution in [2.75, 3.05) is 5.75 Å². The molecule has 1 aromatic carbocycles. The van der Waals surface area contributed by atoms with Crippen molar-refractivity contribution in [2.24, 2.45) is 46.3 Å². The summed E-state index contributed by atoms with van der Waals surface area (Å²) in [4.78, 5) is 12.0. The Balaban J connectivity index is 1.16. The lowest BCUT2D eigenvalue weighted by atomic mass is 9.47. The molecule has 0 amide bonds. The van der Waals surface area contributed by atoms with Crippen LogP contribution in [0.4, 0.5) is 0 Å².